The summed E-state index contributed by atoms with van der Waals surface area (Å²) in [7, 11) is 0. The SMILES string of the molecule is CCCc1nccn1CC(CS)CCC. The molecule has 0 radical (unpaired) electrons. The van der Waals surface area contributed by atoms with Gasteiger partial charge in [0.15, 0.2) is 0 Å². The summed E-state index contributed by atoms with van der Waals surface area (Å²) in [6, 6.07) is 0. The van der Waals surface area contributed by atoms with Crippen molar-refractivity contribution in [1.82, 2.24) is 9.55 Å². The molecule has 0 aliphatic heterocycles. The Kier molecular flexibility index (Phi) is 5.84. The van der Waals surface area contributed by atoms with E-state index in [2.05, 4.69) is 42.2 Å². The molecule has 3 heteroatoms. The van der Waals surface area contributed by atoms with E-state index in [1.807, 2.05) is 6.20 Å². The van der Waals surface area contributed by atoms with Gasteiger partial charge in [-0.3, -0.25) is 0 Å². The van der Waals surface area contributed by atoms with E-state index in [1.54, 1.807) is 0 Å². The molecule has 1 atom stereocenters. The quantitative estimate of drug-likeness (QED) is 0.707. The minimum atomic E-state index is 0.683. The van der Waals surface area contributed by atoms with Crippen LogP contribution in [0.2, 0.25) is 0 Å². The molecule has 1 rings (SSSR count). The third kappa shape index (κ3) is 3.90. The molecular weight excluding hydrogens is 204 g/mol. The highest BCUT2D eigenvalue weighted by molar-refractivity contribution is 7.80. The van der Waals surface area contributed by atoms with E-state index in [1.165, 1.54) is 18.7 Å². The third-order valence-electron chi connectivity index (χ3n) is 2.69. The third-order valence-corrected chi connectivity index (χ3v) is 3.20. The molecule has 0 aromatic carbocycles. The van der Waals surface area contributed by atoms with Gasteiger partial charge in [0.25, 0.3) is 0 Å². The highest BCUT2D eigenvalue weighted by atomic mass is 32.1. The Morgan fingerprint density at radius 3 is 2.80 bits per heavy atom. The van der Waals surface area contributed by atoms with Gasteiger partial charge in [0.1, 0.15) is 5.82 Å². The fourth-order valence-electron chi connectivity index (χ4n) is 1.88. The lowest BCUT2D eigenvalue weighted by molar-refractivity contribution is 0.443. The molecule has 0 N–H and O–H groups in total. The first kappa shape index (κ1) is 12.6. The Hall–Kier alpha value is -0.440. The van der Waals surface area contributed by atoms with E-state index in [-0.39, 0.29) is 0 Å². The zero-order valence-corrected chi connectivity index (χ0v) is 10.7. The summed E-state index contributed by atoms with van der Waals surface area (Å²) in [5, 5.41) is 0. The topological polar surface area (TPSA) is 17.8 Å². The molecule has 1 aromatic heterocycles. The second-order valence-electron chi connectivity index (χ2n) is 4.08. The standard InChI is InChI=1S/C12H22N2S/c1-3-5-11(10-15)9-14-8-7-13-12(14)6-4-2/h7-8,11,15H,3-6,9-10H2,1-2H3. The van der Waals surface area contributed by atoms with E-state index in [4.69, 9.17) is 0 Å². The van der Waals surface area contributed by atoms with Crippen LogP contribution in [-0.4, -0.2) is 15.3 Å². The van der Waals surface area contributed by atoms with Crippen molar-refractivity contribution in [3.8, 4) is 0 Å². The number of aromatic nitrogens is 2. The zero-order valence-electron chi connectivity index (χ0n) is 9.82. The second-order valence-corrected chi connectivity index (χ2v) is 4.45. The lowest BCUT2D eigenvalue weighted by Crippen LogP contribution is -2.14. The van der Waals surface area contributed by atoms with Gasteiger partial charge in [0, 0.05) is 25.4 Å². The molecule has 0 saturated heterocycles. The lowest BCUT2D eigenvalue weighted by Gasteiger charge is -2.15. The van der Waals surface area contributed by atoms with Gasteiger partial charge in [-0.25, -0.2) is 4.98 Å². The molecule has 1 unspecified atom stereocenters. The largest absolute Gasteiger partial charge is 0.335 e. The van der Waals surface area contributed by atoms with Crippen LogP contribution in [0.15, 0.2) is 12.4 Å². The number of hydrogen-bond donors (Lipinski definition) is 1. The van der Waals surface area contributed by atoms with Crippen molar-refractivity contribution in [2.45, 2.75) is 46.1 Å². The van der Waals surface area contributed by atoms with E-state index < -0.39 is 0 Å². The first-order chi connectivity index (χ1) is 7.31. The van der Waals surface area contributed by atoms with Gasteiger partial charge in [0.2, 0.25) is 0 Å². The highest BCUT2D eigenvalue weighted by Crippen LogP contribution is 2.13. The van der Waals surface area contributed by atoms with Crippen LogP contribution in [0.4, 0.5) is 0 Å². The Bertz CT molecular complexity index is 270. The number of thiol groups is 1. The molecule has 1 heterocycles. The van der Waals surface area contributed by atoms with Gasteiger partial charge in [-0.05, 0) is 24.5 Å². The molecule has 0 amide bonds. The predicted molar refractivity (Wildman–Crippen MR) is 68.5 cm³/mol. The average Bonchev–Trinajstić information content (AvgIpc) is 2.66. The summed E-state index contributed by atoms with van der Waals surface area (Å²) in [6.45, 7) is 5.51. The number of rotatable bonds is 7. The summed E-state index contributed by atoms with van der Waals surface area (Å²) >= 11 is 4.41. The van der Waals surface area contributed by atoms with Crippen molar-refractivity contribution in [2.75, 3.05) is 5.75 Å². The summed E-state index contributed by atoms with van der Waals surface area (Å²) in [6.07, 6.45) is 8.74. The Balaban J connectivity index is 2.57. The van der Waals surface area contributed by atoms with Gasteiger partial charge in [0.05, 0.1) is 0 Å². The number of aryl methyl sites for hydroxylation is 1. The van der Waals surface area contributed by atoms with Crippen LogP contribution in [0.5, 0.6) is 0 Å². The van der Waals surface area contributed by atoms with Crippen molar-refractivity contribution in [2.24, 2.45) is 5.92 Å². The first-order valence-electron chi connectivity index (χ1n) is 5.92. The first-order valence-corrected chi connectivity index (χ1v) is 6.55. The van der Waals surface area contributed by atoms with Gasteiger partial charge in [-0.2, -0.15) is 12.6 Å². The lowest BCUT2D eigenvalue weighted by atomic mass is 10.1. The maximum atomic E-state index is 4.41. The van der Waals surface area contributed by atoms with Crippen LogP contribution < -0.4 is 0 Å². The van der Waals surface area contributed by atoms with Crippen LogP contribution in [0.1, 0.15) is 38.9 Å². The van der Waals surface area contributed by atoms with Crippen molar-refractivity contribution in [3.05, 3.63) is 18.2 Å². The summed E-state index contributed by atoms with van der Waals surface area (Å²) in [5.74, 6) is 2.88. The molecule has 2 nitrogen and oxygen atoms in total. The highest BCUT2D eigenvalue weighted by Gasteiger charge is 2.09. The summed E-state index contributed by atoms with van der Waals surface area (Å²) in [5.41, 5.74) is 0. The van der Waals surface area contributed by atoms with Crippen LogP contribution in [0.25, 0.3) is 0 Å². The minimum Gasteiger partial charge on any atom is -0.335 e. The summed E-state index contributed by atoms with van der Waals surface area (Å²) < 4.78 is 2.29. The van der Waals surface area contributed by atoms with Gasteiger partial charge >= 0.3 is 0 Å². The number of nitrogens with zero attached hydrogens (tertiary/aromatic N) is 2. The second kappa shape index (κ2) is 6.94. The van der Waals surface area contributed by atoms with Crippen molar-refractivity contribution in [3.63, 3.8) is 0 Å². The molecule has 0 bridgehead atoms. The molecule has 0 fully saturated rings. The molecule has 0 aliphatic carbocycles. The van der Waals surface area contributed by atoms with Crippen LogP contribution in [0, 0.1) is 5.92 Å². The zero-order chi connectivity index (χ0) is 11.1. The summed E-state index contributed by atoms with van der Waals surface area (Å²) in [4.78, 5) is 4.39. The fourth-order valence-corrected chi connectivity index (χ4v) is 2.18. The van der Waals surface area contributed by atoms with E-state index >= 15 is 0 Å². The smallest absolute Gasteiger partial charge is 0.108 e. The maximum Gasteiger partial charge on any atom is 0.108 e. The van der Waals surface area contributed by atoms with Crippen molar-refractivity contribution >= 4 is 12.6 Å². The van der Waals surface area contributed by atoms with Crippen molar-refractivity contribution in [1.29, 1.82) is 0 Å². The van der Waals surface area contributed by atoms with Gasteiger partial charge in [-0.1, -0.05) is 20.3 Å². The molecule has 86 valence electrons. The molecular formula is C12H22N2S. The Morgan fingerprint density at radius 1 is 1.40 bits per heavy atom. The molecule has 15 heavy (non-hydrogen) atoms. The molecule has 0 aliphatic rings. The Labute approximate surface area is 98.5 Å². The van der Waals surface area contributed by atoms with Crippen LogP contribution in [-0.2, 0) is 13.0 Å². The average molecular weight is 226 g/mol. The maximum absolute atomic E-state index is 4.41. The fraction of sp³-hybridized carbons (Fsp3) is 0.750. The molecule has 0 spiro atoms. The van der Waals surface area contributed by atoms with Gasteiger partial charge < -0.3 is 4.57 Å². The van der Waals surface area contributed by atoms with Crippen LogP contribution in [0.3, 0.4) is 0 Å². The monoisotopic (exact) mass is 226 g/mol. The number of imidazole rings is 1. The van der Waals surface area contributed by atoms with E-state index in [9.17, 15) is 0 Å². The van der Waals surface area contributed by atoms with E-state index in [0.29, 0.717) is 5.92 Å². The Morgan fingerprint density at radius 2 is 2.20 bits per heavy atom. The van der Waals surface area contributed by atoms with Crippen molar-refractivity contribution < 1.29 is 0 Å². The number of hydrogen-bond acceptors (Lipinski definition) is 2. The van der Waals surface area contributed by atoms with Gasteiger partial charge in [-0.15, -0.1) is 0 Å². The van der Waals surface area contributed by atoms with E-state index in [0.717, 1.165) is 25.1 Å². The molecule has 0 saturated carbocycles. The minimum absolute atomic E-state index is 0.683. The predicted octanol–water partition coefficient (Wildman–Crippen LogP) is 3.18. The van der Waals surface area contributed by atoms with Crippen LogP contribution >= 0.6 is 12.6 Å². The normalized spacial score (nSPS) is 13.0. The molecule has 1 aromatic rings.